The minimum absolute atomic E-state index is 0.0899. The second-order valence-electron chi connectivity index (χ2n) is 3.52. The molecule has 0 saturated carbocycles. The van der Waals surface area contributed by atoms with Crippen LogP contribution < -0.4 is 10.1 Å². The van der Waals surface area contributed by atoms with E-state index in [4.69, 9.17) is 4.74 Å². The van der Waals surface area contributed by atoms with Gasteiger partial charge in [-0.15, -0.1) is 0 Å². The molecule has 1 heterocycles. The van der Waals surface area contributed by atoms with E-state index >= 15 is 0 Å². The quantitative estimate of drug-likeness (QED) is 0.630. The van der Waals surface area contributed by atoms with Crippen molar-refractivity contribution in [2.24, 2.45) is 0 Å². The number of methoxy groups -OCH3 is 1. The molecule has 0 spiro atoms. The molecule has 1 aliphatic rings. The van der Waals surface area contributed by atoms with Gasteiger partial charge in [0.15, 0.2) is 11.5 Å². The smallest absolute Gasteiger partial charge is 0.160 e. The Balaban J connectivity index is 2.35. The van der Waals surface area contributed by atoms with Crippen LogP contribution in [0.5, 0.6) is 11.5 Å². The molecule has 1 saturated heterocycles. The fourth-order valence-electron chi connectivity index (χ4n) is 1.53. The molecule has 76 valence electrons. The summed E-state index contributed by atoms with van der Waals surface area (Å²) in [6.45, 7) is 1.09. The standard InChI is InChI=1S/C10H13NO3/c1-14-9-4-7(2-3-8(9)12)10(13)5-11-6-10/h2-4,11-13H,5-6H2,1H3. The third-order valence-electron chi connectivity index (χ3n) is 2.55. The largest absolute Gasteiger partial charge is 0.504 e. The highest BCUT2D eigenvalue weighted by Gasteiger charge is 2.36. The van der Waals surface area contributed by atoms with E-state index in [1.807, 2.05) is 0 Å². The Morgan fingerprint density at radius 2 is 2.14 bits per heavy atom. The van der Waals surface area contributed by atoms with Gasteiger partial charge in [-0.25, -0.2) is 0 Å². The fraction of sp³-hybridized carbons (Fsp3) is 0.400. The monoisotopic (exact) mass is 195 g/mol. The van der Waals surface area contributed by atoms with Crippen molar-refractivity contribution in [1.82, 2.24) is 5.32 Å². The number of ether oxygens (including phenoxy) is 1. The molecule has 1 fully saturated rings. The lowest BCUT2D eigenvalue weighted by molar-refractivity contribution is -0.0148. The van der Waals surface area contributed by atoms with Gasteiger partial charge in [-0.1, -0.05) is 6.07 Å². The molecule has 0 aromatic heterocycles. The number of hydrogen-bond donors (Lipinski definition) is 3. The summed E-state index contributed by atoms with van der Waals surface area (Å²) in [7, 11) is 1.49. The van der Waals surface area contributed by atoms with Gasteiger partial charge in [-0.2, -0.15) is 0 Å². The van der Waals surface area contributed by atoms with Gasteiger partial charge < -0.3 is 20.3 Å². The molecule has 0 atom stereocenters. The highest BCUT2D eigenvalue weighted by molar-refractivity contribution is 5.44. The third-order valence-corrected chi connectivity index (χ3v) is 2.55. The predicted octanol–water partition coefficient (Wildman–Crippen LogP) is 0.192. The zero-order valence-corrected chi connectivity index (χ0v) is 7.95. The van der Waals surface area contributed by atoms with E-state index in [9.17, 15) is 10.2 Å². The predicted molar refractivity (Wildman–Crippen MR) is 51.4 cm³/mol. The van der Waals surface area contributed by atoms with Gasteiger partial charge in [0, 0.05) is 13.1 Å². The third kappa shape index (κ3) is 1.32. The molecule has 0 bridgehead atoms. The lowest BCUT2D eigenvalue weighted by Gasteiger charge is -2.38. The van der Waals surface area contributed by atoms with Gasteiger partial charge in [-0.3, -0.25) is 0 Å². The van der Waals surface area contributed by atoms with Gasteiger partial charge in [0.05, 0.1) is 7.11 Å². The van der Waals surface area contributed by atoms with Crippen LogP contribution in [0.25, 0.3) is 0 Å². The summed E-state index contributed by atoms with van der Waals surface area (Å²) in [5.41, 5.74) is -0.0352. The first-order valence-electron chi connectivity index (χ1n) is 4.46. The number of benzene rings is 1. The SMILES string of the molecule is COc1cc(C2(O)CNC2)ccc1O. The van der Waals surface area contributed by atoms with Crippen LogP contribution in [-0.4, -0.2) is 30.4 Å². The molecule has 1 aromatic carbocycles. The molecular formula is C10H13NO3. The summed E-state index contributed by atoms with van der Waals surface area (Å²) >= 11 is 0. The minimum Gasteiger partial charge on any atom is -0.504 e. The summed E-state index contributed by atoms with van der Waals surface area (Å²) in [4.78, 5) is 0. The molecule has 0 unspecified atom stereocenters. The first kappa shape index (κ1) is 9.30. The molecule has 0 aliphatic carbocycles. The van der Waals surface area contributed by atoms with Gasteiger partial charge in [0.1, 0.15) is 5.60 Å². The van der Waals surface area contributed by atoms with E-state index < -0.39 is 5.60 Å². The minimum atomic E-state index is -0.805. The van der Waals surface area contributed by atoms with Crippen LogP contribution in [-0.2, 0) is 5.60 Å². The zero-order chi connectivity index (χ0) is 10.2. The molecular weight excluding hydrogens is 182 g/mol. The van der Waals surface area contributed by atoms with Gasteiger partial charge >= 0.3 is 0 Å². The number of phenols is 1. The number of hydrogen-bond acceptors (Lipinski definition) is 4. The van der Waals surface area contributed by atoms with Gasteiger partial charge in [0.25, 0.3) is 0 Å². The van der Waals surface area contributed by atoms with E-state index in [1.54, 1.807) is 12.1 Å². The van der Waals surface area contributed by atoms with Crippen LogP contribution in [0.1, 0.15) is 5.56 Å². The normalized spacial score (nSPS) is 18.7. The average molecular weight is 195 g/mol. The number of aromatic hydroxyl groups is 1. The van der Waals surface area contributed by atoms with E-state index in [-0.39, 0.29) is 5.75 Å². The van der Waals surface area contributed by atoms with E-state index in [2.05, 4.69) is 5.32 Å². The average Bonchev–Trinajstić information content (AvgIpc) is 2.15. The van der Waals surface area contributed by atoms with Crippen LogP contribution in [0, 0.1) is 0 Å². The van der Waals surface area contributed by atoms with Crippen LogP contribution in [0.2, 0.25) is 0 Å². The summed E-state index contributed by atoms with van der Waals surface area (Å²) < 4.78 is 4.97. The van der Waals surface area contributed by atoms with E-state index in [0.717, 1.165) is 5.56 Å². The Labute approximate surface area is 82.1 Å². The molecule has 1 aromatic rings. The maximum absolute atomic E-state index is 9.99. The van der Waals surface area contributed by atoms with Crippen molar-refractivity contribution in [2.75, 3.05) is 20.2 Å². The second-order valence-corrected chi connectivity index (χ2v) is 3.52. The van der Waals surface area contributed by atoms with Crippen LogP contribution in [0.4, 0.5) is 0 Å². The highest BCUT2D eigenvalue weighted by Crippen LogP contribution is 2.33. The Morgan fingerprint density at radius 3 is 2.64 bits per heavy atom. The molecule has 1 aliphatic heterocycles. The Kier molecular flexibility index (Phi) is 2.09. The molecule has 4 heteroatoms. The first-order chi connectivity index (χ1) is 6.65. The van der Waals surface area contributed by atoms with Crippen molar-refractivity contribution in [3.8, 4) is 11.5 Å². The molecule has 4 nitrogen and oxygen atoms in total. The van der Waals surface area contributed by atoms with Crippen molar-refractivity contribution in [1.29, 1.82) is 0 Å². The zero-order valence-electron chi connectivity index (χ0n) is 7.95. The van der Waals surface area contributed by atoms with Crippen molar-refractivity contribution >= 4 is 0 Å². The Hall–Kier alpha value is -1.26. The van der Waals surface area contributed by atoms with Gasteiger partial charge in [0.2, 0.25) is 0 Å². The topological polar surface area (TPSA) is 61.7 Å². The number of β-amino-alcohol motifs (C(OH)–C–C–N with tert-alkyl or cyclic N) is 1. The van der Waals surface area contributed by atoms with Crippen molar-refractivity contribution in [3.63, 3.8) is 0 Å². The summed E-state index contributed by atoms with van der Waals surface area (Å²) in [5.74, 6) is 0.481. The molecule has 14 heavy (non-hydrogen) atoms. The summed E-state index contributed by atoms with van der Waals surface area (Å²) in [5, 5.41) is 22.4. The number of nitrogens with one attached hydrogen (secondary N) is 1. The number of phenolic OH excluding ortho intramolecular Hbond substituents is 1. The molecule has 2 rings (SSSR count). The summed E-state index contributed by atoms with van der Waals surface area (Å²) in [6, 6.07) is 4.90. The fourth-order valence-corrected chi connectivity index (χ4v) is 1.53. The lowest BCUT2D eigenvalue weighted by Crippen LogP contribution is -2.56. The first-order valence-corrected chi connectivity index (χ1v) is 4.46. The van der Waals surface area contributed by atoms with E-state index in [1.165, 1.54) is 13.2 Å². The maximum atomic E-state index is 9.99. The highest BCUT2D eigenvalue weighted by atomic mass is 16.5. The van der Waals surface area contributed by atoms with E-state index in [0.29, 0.717) is 18.8 Å². The van der Waals surface area contributed by atoms with Crippen LogP contribution >= 0.6 is 0 Å². The maximum Gasteiger partial charge on any atom is 0.160 e. The lowest BCUT2D eigenvalue weighted by atomic mass is 9.88. The number of aliphatic hydroxyl groups is 1. The molecule has 0 radical (unpaired) electrons. The Bertz CT molecular complexity index is 347. The van der Waals surface area contributed by atoms with Crippen molar-refractivity contribution in [3.05, 3.63) is 23.8 Å². The second kappa shape index (κ2) is 3.15. The Morgan fingerprint density at radius 1 is 1.43 bits per heavy atom. The van der Waals surface area contributed by atoms with Crippen LogP contribution in [0.15, 0.2) is 18.2 Å². The molecule has 0 amide bonds. The van der Waals surface area contributed by atoms with Crippen molar-refractivity contribution in [2.45, 2.75) is 5.60 Å². The summed E-state index contributed by atoms with van der Waals surface area (Å²) in [6.07, 6.45) is 0. The van der Waals surface area contributed by atoms with Gasteiger partial charge in [-0.05, 0) is 17.7 Å². The molecule has 3 N–H and O–H groups in total. The number of rotatable bonds is 2. The van der Waals surface area contributed by atoms with Crippen LogP contribution in [0.3, 0.4) is 0 Å². The van der Waals surface area contributed by atoms with Crippen molar-refractivity contribution < 1.29 is 14.9 Å².